The summed E-state index contributed by atoms with van der Waals surface area (Å²) in [7, 11) is 0. The third-order valence-corrected chi connectivity index (χ3v) is 2.70. The molecule has 0 saturated heterocycles. The van der Waals surface area contributed by atoms with Gasteiger partial charge >= 0.3 is 0 Å². The zero-order chi connectivity index (χ0) is 12.2. The fourth-order valence-electron chi connectivity index (χ4n) is 1.83. The Morgan fingerprint density at radius 2 is 1.72 bits per heavy atom. The number of hydrogen-bond acceptors (Lipinski definition) is 3. The summed E-state index contributed by atoms with van der Waals surface area (Å²) < 4.78 is 5.78. The van der Waals surface area contributed by atoms with Crippen LogP contribution in [0.2, 0.25) is 0 Å². The number of fused-ring (bicyclic) bond motifs is 1. The van der Waals surface area contributed by atoms with Crippen molar-refractivity contribution in [1.29, 1.82) is 0 Å². The van der Waals surface area contributed by atoms with Gasteiger partial charge in [-0.2, -0.15) is 0 Å². The van der Waals surface area contributed by atoms with Crippen LogP contribution < -0.4 is 4.74 Å². The molecule has 0 amide bonds. The number of para-hydroxylation sites is 1. The summed E-state index contributed by atoms with van der Waals surface area (Å²) >= 11 is 0. The number of pyridine rings is 2. The molecular formula is C15H12N2O. The fourth-order valence-corrected chi connectivity index (χ4v) is 1.83. The molecule has 0 aliphatic rings. The third kappa shape index (κ3) is 2.15. The molecule has 0 aliphatic carbocycles. The Kier molecular flexibility index (Phi) is 2.88. The van der Waals surface area contributed by atoms with Gasteiger partial charge in [-0.05, 0) is 24.3 Å². The summed E-state index contributed by atoms with van der Waals surface area (Å²) in [6, 6.07) is 15.7. The Morgan fingerprint density at radius 1 is 0.833 bits per heavy atom. The van der Waals surface area contributed by atoms with Gasteiger partial charge in [0.15, 0.2) is 0 Å². The smallest absolute Gasteiger partial charge is 0.146 e. The van der Waals surface area contributed by atoms with Crippen molar-refractivity contribution < 1.29 is 4.74 Å². The van der Waals surface area contributed by atoms with Crippen molar-refractivity contribution in [3.05, 3.63) is 66.6 Å². The minimum absolute atomic E-state index is 0.455. The lowest BCUT2D eigenvalue weighted by molar-refractivity contribution is 0.304. The van der Waals surface area contributed by atoms with Gasteiger partial charge in [0, 0.05) is 17.8 Å². The summed E-state index contributed by atoms with van der Waals surface area (Å²) in [6.07, 6.45) is 3.54. The monoisotopic (exact) mass is 236 g/mol. The average Bonchev–Trinajstić information content (AvgIpc) is 2.46. The van der Waals surface area contributed by atoms with Crippen molar-refractivity contribution in [2.24, 2.45) is 0 Å². The van der Waals surface area contributed by atoms with Gasteiger partial charge in [-0.1, -0.05) is 24.3 Å². The fraction of sp³-hybridized carbons (Fsp3) is 0.0667. The van der Waals surface area contributed by atoms with Gasteiger partial charge in [-0.15, -0.1) is 0 Å². The van der Waals surface area contributed by atoms with Gasteiger partial charge in [0.1, 0.15) is 17.9 Å². The molecule has 3 rings (SSSR count). The molecule has 88 valence electrons. The average molecular weight is 236 g/mol. The summed E-state index contributed by atoms with van der Waals surface area (Å²) in [5.41, 5.74) is 1.79. The van der Waals surface area contributed by atoms with Gasteiger partial charge in [-0.25, -0.2) is 0 Å². The Bertz CT molecular complexity index is 647. The molecule has 2 heterocycles. The number of nitrogens with zero attached hydrogens (tertiary/aromatic N) is 2. The zero-order valence-corrected chi connectivity index (χ0v) is 9.78. The van der Waals surface area contributed by atoms with Gasteiger partial charge < -0.3 is 4.74 Å². The maximum absolute atomic E-state index is 5.78. The Balaban J connectivity index is 1.87. The van der Waals surface area contributed by atoms with Crippen LogP contribution in [0.5, 0.6) is 5.75 Å². The Labute approximate surface area is 105 Å². The van der Waals surface area contributed by atoms with E-state index in [2.05, 4.69) is 9.97 Å². The van der Waals surface area contributed by atoms with Crippen LogP contribution in [0.3, 0.4) is 0 Å². The largest absolute Gasteiger partial charge is 0.485 e. The molecule has 0 radical (unpaired) electrons. The number of ether oxygens (including phenoxy) is 1. The van der Waals surface area contributed by atoms with E-state index in [1.165, 1.54) is 0 Å². The number of aromatic nitrogens is 2. The molecule has 3 aromatic rings. The van der Waals surface area contributed by atoms with Crippen LogP contribution in [0.1, 0.15) is 5.69 Å². The minimum atomic E-state index is 0.455. The van der Waals surface area contributed by atoms with Crippen molar-refractivity contribution in [2.75, 3.05) is 0 Å². The summed E-state index contributed by atoms with van der Waals surface area (Å²) in [5, 5.41) is 1.08. The Hall–Kier alpha value is -2.42. The predicted octanol–water partition coefficient (Wildman–Crippen LogP) is 3.21. The molecule has 0 aliphatic heterocycles. The van der Waals surface area contributed by atoms with Crippen molar-refractivity contribution in [3.63, 3.8) is 0 Å². The second-order valence-corrected chi connectivity index (χ2v) is 3.94. The molecule has 0 N–H and O–H groups in total. The molecule has 2 aromatic heterocycles. The summed E-state index contributed by atoms with van der Waals surface area (Å²) in [5.74, 6) is 0.791. The van der Waals surface area contributed by atoms with Gasteiger partial charge in [0.05, 0.1) is 5.69 Å². The van der Waals surface area contributed by atoms with Crippen LogP contribution in [0, 0.1) is 0 Å². The molecule has 3 nitrogen and oxygen atoms in total. The molecule has 18 heavy (non-hydrogen) atoms. The van der Waals surface area contributed by atoms with Crippen LogP contribution >= 0.6 is 0 Å². The Morgan fingerprint density at radius 3 is 2.61 bits per heavy atom. The van der Waals surface area contributed by atoms with E-state index in [1.54, 1.807) is 12.4 Å². The van der Waals surface area contributed by atoms with Crippen LogP contribution in [0.25, 0.3) is 10.9 Å². The predicted molar refractivity (Wildman–Crippen MR) is 70.3 cm³/mol. The maximum atomic E-state index is 5.78. The first-order valence-electron chi connectivity index (χ1n) is 5.80. The molecule has 0 unspecified atom stereocenters. The highest BCUT2D eigenvalue weighted by Gasteiger charge is 2.03. The quantitative estimate of drug-likeness (QED) is 0.700. The van der Waals surface area contributed by atoms with Crippen molar-refractivity contribution in [2.45, 2.75) is 6.61 Å². The molecule has 0 fully saturated rings. The highest BCUT2D eigenvalue weighted by molar-refractivity contribution is 5.84. The van der Waals surface area contributed by atoms with Crippen molar-refractivity contribution in [1.82, 2.24) is 9.97 Å². The normalized spacial score (nSPS) is 10.4. The molecule has 3 heteroatoms. The third-order valence-electron chi connectivity index (χ3n) is 2.70. The SMILES string of the molecule is c1ccc(COc2cccc3cccnc23)nc1. The van der Waals surface area contributed by atoms with Crippen LogP contribution in [-0.4, -0.2) is 9.97 Å². The van der Waals surface area contributed by atoms with E-state index in [9.17, 15) is 0 Å². The van der Waals surface area contributed by atoms with E-state index in [0.29, 0.717) is 6.61 Å². The zero-order valence-electron chi connectivity index (χ0n) is 9.78. The lowest BCUT2D eigenvalue weighted by atomic mass is 10.2. The van der Waals surface area contributed by atoms with Gasteiger partial charge in [-0.3, -0.25) is 9.97 Å². The number of hydrogen-bond donors (Lipinski definition) is 0. The topological polar surface area (TPSA) is 35.0 Å². The van der Waals surface area contributed by atoms with Gasteiger partial charge in [0.2, 0.25) is 0 Å². The molecule has 0 saturated carbocycles. The molecule has 0 spiro atoms. The van der Waals surface area contributed by atoms with Crippen LogP contribution in [-0.2, 0) is 6.61 Å². The number of benzene rings is 1. The molecule has 0 bridgehead atoms. The molecular weight excluding hydrogens is 224 g/mol. The lowest BCUT2D eigenvalue weighted by Crippen LogP contribution is -1.98. The minimum Gasteiger partial charge on any atom is -0.485 e. The second kappa shape index (κ2) is 4.84. The van der Waals surface area contributed by atoms with E-state index in [-0.39, 0.29) is 0 Å². The first kappa shape index (κ1) is 10.7. The molecule has 0 atom stereocenters. The number of rotatable bonds is 3. The van der Waals surface area contributed by atoms with E-state index >= 15 is 0 Å². The lowest BCUT2D eigenvalue weighted by Gasteiger charge is -2.07. The summed E-state index contributed by atoms with van der Waals surface area (Å²) in [6.45, 7) is 0.455. The van der Waals surface area contributed by atoms with Gasteiger partial charge in [0.25, 0.3) is 0 Å². The highest BCUT2D eigenvalue weighted by atomic mass is 16.5. The van der Waals surface area contributed by atoms with E-state index in [0.717, 1.165) is 22.3 Å². The highest BCUT2D eigenvalue weighted by Crippen LogP contribution is 2.23. The van der Waals surface area contributed by atoms with E-state index < -0.39 is 0 Å². The van der Waals surface area contributed by atoms with Crippen LogP contribution in [0.4, 0.5) is 0 Å². The maximum Gasteiger partial charge on any atom is 0.146 e. The van der Waals surface area contributed by atoms with Crippen molar-refractivity contribution in [3.8, 4) is 5.75 Å². The second-order valence-electron chi connectivity index (χ2n) is 3.94. The van der Waals surface area contributed by atoms with E-state index in [4.69, 9.17) is 4.74 Å². The first-order valence-corrected chi connectivity index (χ1v) is 5.80. The van der Waals surface area contributed by atoms with Crippen molar-refractivity contribution >= 4 is 10.9 Å². The van der Waals surface area contributed by atoms with Crippen LogP contribution in [0.15, 0.2) is 60.9 Å². The first-order chi connectivity index (χ1) is 8.93. The summed E-state index contributed by atoms with van der Waals surface area (Å²) in [4.78, 5) is 8.58. The standard InChI is InChI=1S/C15H12N2O/c1-2-9-16-13(7-1)11-18-14-8-3-5-12-6-4-10-17-15(12)14/h1-10H,11H2. The molecule has 1 aromatic carbocycles. The van der Waals surface area contributed by atoms with E-state index in [1.807, 2.05) is 48.5 Å².